The minimum absolute atomic E-state index is 0.0769. The third-order valence-corrected chi connectivity index (χ3v) is 3.86. The normalized spacial score (nSPS) is 13.8. The van der Waals surface area contributed by atoms with Gasteiger partial charge in [-0.25, -0.2) is 0 Å². The predicted octanol–water partition coefficient (Wildman–Crippen LogP) is 3.68. The van der Waals surface area contributed by atoms with Crippen LogP contribution in [0.15, 0.2) is 48.5 Å². The molecule has 0 bridgehead atoms. The highest BCUT2D eigenvalue weighted by molar-refractivity contribution is 5.38. The highest BCUT2D eigenvalue weighted by Gasteiger charge is 2.17. The molecule has 20 heavy (non-hydrogen) atoms. The lowest BCUT2D eigenvalue weighted by Gasteiger charge is -2.21. The molecule has 2 N–H and O–H groups in total. The molecular formula is C18H23NO. The second-order valence-corrected chi connectivity index (χ2v) is 5.38. The van der Waals surface area contributed by atoms with Gasteiger partial charge in [-0.2, -0.15) is 0 Å². The number of aryl methyl sites for hydroxylation is 1. The van der Waals surface area contributed by atoms with Crippen molar-refractivity contribution in [3.05, 3.63) is 65.2 Å². The minimum Gasteiger partial charge on any atom is -0.496 e. The van der Waals surface area contributed by atoms with E-state index in [0.717, 1.165) is 12.2 Å². The summed E-state index contributed by atoms with van der Waals surface area (Å²) in [7, 11) is 1.71. The summed E-state index contributed by atoms with van der Waals surface area (Å²) in [6.45, 7) is 4.28. The van der Waals surface area contributed by atoms with E-state index in [1.807, 2.05) is 12.1 Å². The summed E-state index contributed by atoms with van der Waals surface area (Å²) in [4.78, 5) is 0. The van der Waals surface area contributed by atoms with Crippen molar-refractivity contribution in [2.45, 2.75) is 32.2 Å². The van der Waals surface area contributed by atoms with Crippen LogP contribution in [-0.4, -0.2) is 13.2 Å². The van der Waals surface area contributed by atoms with Gasteiger partial charge in [0.1, 0.15) is 5.75 Å². The Balaban J connectivity index is 2.15. The molecule has 0 saturated heterocycles. The fourth-order valence-corrected chi connectivity index (χ4v) is 2.50. The Labute approximate surface area is 121 Å². The monoisotopic (exact) mass is 269 g/mol. The summed E-state index contributed by atoms with van der Waals surface area (Å²) < 4.78 is 5.43. The van der Waals surface area contributed by atoms with Gasteiger partial charge in [-0.15, -0.1) is 0 Å². The van der Waals surface area contributed by atoms with Crippen LogP contribution in [0.5, 0.6) is 5.75 Å². The van der Waals surface area contributed by atoms with Crippen LogP contribution < -0.4 is 10.5 Å². The van der Waals surface area contributed by atoms with Crippen molar-refractivity contribution in [1.82, 2.24) is 0 Å². The Morgan fingerprint density at radius 2 is 1.80 bits per heavy atom. The standard InChI is InChI=1S/C18H23NO/c1-13-9-10-18(20-3)16(11-13)12-17(19)14(2)15-7-5-4-6-8-15/h4-11,14,17H,12,19H2,1-3H3. The zero-order chi connectivity index (χ0) is 14.5. The average molecular weight is 269 g/mol. The van der Waals surface area contributed by atoms with E-state index < -0.39 is 0 Å². The average Bonchev–Trinajstić information content (AvgIpc) is 2.47. The summed E-state index contributed by atoms with van der Waals surface area (Å²) in [6.07, 6.45) is 0.820. The molecule has 0 spiro atoms. The molecule has 0 amide bonds. The quantitative estimate of drug-likeness (QED) is 0.898. The van der Waals surface area contributed by atoms with Crippen molar-refractivity contribution in [1.29, 1.82) is 0 Å². The molecule has 0 aromatic heterocycles. The van der Waals surface area contributed by atoms with Crippen molar-refractivity contribution in [3.8, 4) is 5.75 Å². The van der Waals surface area contributed by atoms with E-state index in [2.05, 4.69) is 50.2 Å². The maximum Gasteiger partial charge on any atom is 0.122 e. The second kappa shape index (κ2) is 6.58. The van der Waals surface area contributed by atoms with E-state index in [1.165, 1.54) is 16.7 Å². The Morgan fingerprint density at radius 3 is 2.45 bits per heavy atom. The Morgan fingerprint density at radius 1 is 1.10 bits per heavy atom. The molecule has 0 aliphatic carbocycles. The third-order valence-electron chi connectivity index (χ3n) is 3.86. The van der Waals surface area contributed by atoms with E-state index in [4.69, 9.17) is 10.5 Å². The summed E-state index contributed by atoms with van der Waals surface area (Å²) >= 11 is 0. The first kappa shape index (κ1) is 14.6. The lowest BCUT2D eigenvalue weighted by atomic mass is 9.89. The summed E-state index contributed by atoms with van der Waals surface area (Å²) in [6, 6.07) is 16.8. The van der Waals surface area contributed by atoms with E-state index >= 15 is 0 Å². The maximum atomic E-state index is 6.40. The first-order chi connectivity index (χ1) is 9.61. The molecule has 2 nitrogen and oxygen atoms in total. The molecule has 0 fully saturated rings. The SMILES string of the molecule is COc1ccc(C)cc1CC(N)C(C)c1ccccc1. The molecule has 0 saturated carbocycles. The number of hydrogen-bond donors (Lipinski definition) is 1. The van der Waals surface area contributed by atoms with Gasteiger partial charge < -0.3 is 10.5 Å². The minimum atomic E-state index is 0.0769. The van der Waals surface area contributed by atoms with Gasteiger partial charge in [-0.1, -0.05) is 55.0 Å². The van der Waals surface area contributed by atoms with Crippen LogP contribution >= 0.6 is 0 Å². The molecule has 0 radical (unpaired) electrons. The fraction of sp³-hybridized carbons (Fsp3) is 0.333. The van der Waals surface area contributed by atoms with Crippen molar-refractivity contribution < 1.29 is 4.74 Å². The van der Waals surface area contributed by atoms with E-state index in [9.17, 15) is 0 Å². The van der Waals surface area contributed by atoms with E-state index in [0.29, 0.717) is 5.92 Å². The topological polar surface area (TPSA) is 35.2 Å². The first-order valence-electron chi connectivity index (χ1n) is 7.06. The number of methoxy groups -OCH3 is 1. The zero-order valence-corrected chi connectivity index (χ0v) is 12.5. The molecule has 2 unspecified atom stereocenters. The van der Waals surface area contributed by atoms with Crippen molar-refractivity contribution in [2.24, 2.45) is 5.73 Å². The van der Waals surface area contributed by atoms with Gasteiger partial charge in [0.05, 0.1) is 7.11 Å². The lowest BCUT2D eigenvalue weighted by Crippen LogP contribution is -2.29. The van der Waals surface area contributed by atoms with Gasteiger partial charge >= 0.3 is 0 Å². The highest BCUT2D eigenvalue weighted by Crippen LogP contribution is 2.25. The van der Waals surface area contributed by atoms with Crippen molar-refractivity contribution in [2.75, 3.05) is 7.11 Å². The molecule has 0 aliphatic heterocycles. The van der Waals surface area contributed by atoms with Gasteiger partial charge in [0.15, 0.2) is 0 Å². The molecule has 2 rings (SSSR count). The zero-order valence-electron chi connectivity index (χ0n) is 12.5. The Kier molecular flexibility index (Phi) is 4.80. The van der Waals surface area contributed by atoms with E-state index in [1.54, 1.807) is 7.11 Å². The van der Waals surface area contributed by atoms with E-state index in [-0.39, 0.29) is 6.04 Å². The van der Waals surface area contributed by atoms with Gasteiger partial charge in [-0.3, -0.25) is 0 Å². The van der Waals surface area contributed by atoms with Gasteiger partial charge in [-0.05, 0) is 36.5 Å². The Bertz CT molecular complexity index is 551. The van der Waals surface area contributed by atoms with Crippen LogP contribution in [0.3, 0.4) is 0 Å². The van der Waals surface area contributed by atoms with Gasteiger partial charge in [0, 0.05) is 6.04 Å². The number of nitrogens with two attached hydrogens (primary N) is 1. The summed E-state index contributed by atoms with van der Waals surface area (Å²) in [5, 5.41) is 0. The molecule has 2 aromatic carbocycles. The first-order valence-corrected chi connectivity index (χ1v) is 7.06. The van der Waals surface area contributed by atoms with Crippen molar-refractivity contribution in [3.63, 3.8) is 0 Å². The Hall–Kier alpha value is -1.80. The van der Waals surface area contributed by atoms with Crippen LogP contribution in [0.2, 0.25) is 0 Å². The number of hydrogen-bond acceptors (Lipinski definition) is 2. The van der Waals surface area contributed by atoms with Gasteiger partial charge in [0.2, 0.25) is 0 Å². The molecule has 2 atom stereocenters. The van der Waals surface area contributed by atoms with Crippen LogP contribution in [0, 0.1) is 6.92 Å². The largest absolute Gasteiger partial charge is 0.496 e. The molecule has 0 heterocycles. The summed E-state index contributed by atoms with van der Waals surface area (Å²) in [5.41, 5.74) is 10.1. The second-order valence-electron chi connectivity index (χ2n) is 5.38. The van der Waals surface area contributed by atoms with Crippen LogP contribution in [-0.2, 0) is 6.42 Å². The number of benzene rings is 2. The number of ether oxygens (including phenoxy) is 1. The van der Waals surface area contributed by atoms with Crippen LogP contribution in [0.25, 0.3) is 0 Å². The fourth-order valence-electron chi connectivity index (χ4n) is 2.50. The third kappa shape index (κ3) is 3.40. The molecule has 106 valence electrons. The van der Waals surface area contributed by atoms with Crippen molar-refractivity contribution >= 4 is 0 Å². The van der Waals surface area contributed by atoms with Gasteiger partial charge in [0.25, 0.3) is 0 Å². The predicted molar refractivity (Wildman–Crippen MR) is 84.3 cm³/mol. The molecule has 2 aromatic rings. The molecule has 2 heteroatoms. The smallest absolute Gasteiger partial charge is 0.122 e. The van der Waals surface area contributed by atoms with Crippen LogP contribution in [0.1, 0.15) is 29.5 Å². The molecular weight excluding hydrogens is 246 g/mol. The summed E-state index contributed by atoms with van der Waals surface area (Å²) in [5.74, 6) is 1.24. The lowest BCUT2D eigenvalue weighted by molar-refractivity contribution is 0.406. The maximum absolute atomic E-state index is 6.40. The molecule has 0 aliphatic rings. The number of rotatable bonds is 5. The highest BCUT2D eigenvalue weighted by atomic mass is 16.5. The van der Waals surface area contributed by atoms with Crippen LogP contribution in [0.4, 0.5) is 0 Å².